The van der Waals surface area contributed by atoms with Crippen LogP contribution in [-0.2, 0) is 6.42 Å². The lowest BCUT2D eigenvalue weighted by Crippen LogP contribution is -1.80. The quantitative estimate of drug-likeness (QED) is 0.677. The molecule has 1 aromatic carbocycles. The van der Waals surface area contributed by atoms with Gasteiger partial charge >= 0.3 is 0 Å². The van der Waals surface area contributed by atoms with Crippen LogP contribution in [0, 0.1) is 18.8 Å². The normalized spacial score (nSPS) is 9.86. The number of aryl methyl sites for hydroxylation is 1. The maximum absolute atomic E-state index is 4.34. The first-order chi connectivity index (χ1) is 6.79. The van der Waals surface area contributed by atoms with E-state index in [4.69, 9.17) is 0 Å². The monoisotopic (exact) mass is 184 g/mol. The summed E-state index contributed by atoms with van der Waals surface area (Å²) >= 11 is 0. The molecule has 0 spiro atoms. The number of aromatic amines is 1. The van der Waals surface area contributed by atoms with Crippen molar-refractivity contribution in [1.82, 2.24) is 9.97 Å². The summed E-state index contributed by atoms with van der Waals surface area (Å²) in [5, 5.41) is 0. The van der Waals surface area contributed by atoms with Gasteiger partial charge in [-0.1, -0.05) is 12.0 Å². The third-order valence-electron chi connectivity index (χ3n) is 2.13. The van der Waals surface area contributed by atoms with Crippen LogP contribution in [-0.4, -0.2) is 9.97 Å². The third kappa shape index (κ3) is 1.62. The van der Waals surface area contributed by atoms with E-state index in [2.05, 4.69) is 33.9 Å². The molecule has 0 fully saturated rings. The molecule has 14 heavy (non-hydrogen) atoms. The van der Waals surface area contributed by atoms with E-state index >= 15 is 0 Å². The Kier molecular flexibility index (Phi) is 2.24. The van der Waals surface area contributed by atoms with Crippen molar-refractivity contribution in [3.05, 3.63) is 29.6 Å². The van der Waals surface area contributed by atoms with Crippen molar-refractivity contribution in [2.24, 2.45) is 0 Å². The highest BCUT2D eigenvalue weighted by atomic mass is 14.9. The zero-order valence-corrected chi connectivity index (χ0v) is 8.39. The predicted octanol–water partition coefficient (Wildman–Crippen LogP) is 2.44. The van der Waals surface area contributed by atoms with Gasteiger partial charge < -0.3 is 4.98 Å². The smallest absolute Gasteiger partial charge is 0.104 e. The van der Waals surface area contributed by atoms with Gasteiger partial charge in [0.1, 0.15) is 5.82 Å². The molecule has 0 atom stereocenters. The van der Waals surface area contributed by atoms with E-state index in [1.165, 1.54) is 5.56 Å². The Morgan fingerprint density at radius 2 is 2.29 bits per heavy atom. The maximum Gasteiger partial charge on any atom is 0.104 e. The minimum Gasteiger partial charge on any atom is -0.342 e. The van der Waals surface area contributed by atoms with Crippen molar-refractivity contribution in [2.75, 3.05) is 0 Å². The first-order valence-corrected chi connectivity index (χ1v) is 4.64. The summed E-state index contributed by atoms with van der Waals surface area (Å²) in [6, 6.07) is 6.22. The number of benzene rings is 1. The number of hydrogen-bond acceptors (Lipinski definition) is 1. The Morgan fingerprint density at radius 1 is 1.43 bits per heavy atom. The van der Waals surface area contributed by atoms with Gasteiger partial charge in [0.2, 0.25) is 0 Å². The molecular formula is C12H12N2. The highest BCUT2D eigenvalue weighted by Gasteiger charge is 1.99. The van der Waals surface area contributed by atoms with Crippen LogP contribution in [0.1, 0.15) is 18.3 Å². The topological polar surface area (TPSA) is 28.7 Å². The third-order valence-corrected chi connectivity index (χ3v) is 2.13. The number of fused-ring (bicyclic) bond motifs is 1. The van der Waals surface area contributed by atoms with Crippen molar-refractivity contribution >= 4 is 11.0 Å². The van der Waals surface area contributed by atoms with Crippen LogP contribution in [0.2, 0.25) is 0 Å². The molecule has 2 rings (SSSR count). The molecule has 0 saturated heterocycles. The van der Waals surface area contributed by atoms with E-state index in [0.717, 1.165) is 23.3 Å². The molecule has 70 valence electrons. The van der Waals surface area contributed by atoms with Crippen LogP contribution in [0.4, 0.5) is 0 Å². The van der Waals surface area contributed by atoms with Gasteiger partial charge in [0.05, 0.1) is 11.0 Å². The zero-order chi connectivity index (χ0) is 9.97. The standard InChI is InChI=1S/C12H12N2/c1-3-4-5-10-6-7-11-12(8-10)14-9(2)13-11/h6-8H,5H2,1-2H3,(H,13,14). The molecule has 0 aliphatic carbocycles. The summed E-state index contributed by atoms with van der Waals surface area (Å²) in [5.74, 6) is 6.90. The molecule has 0 amide bonds. The van der Waals surface area contributed by atoms with Crippen molar-refractivity contribution in [3.8, 4) is 11.8 Å². The van der Waals surface area contributed by atoms with E-state index < -0.39 is 0 Å². The first-order valence-electron chi connectivity index (χ1n) is 4.64. The molecule has 1 aromatic heterocycles. The van der Waals surface area contributed by atoms with Crippen molar-refractivity contribution in [2.45, 2.75) is 20.3 Å². The Bertz CT molecular complexity index is 512. The average Bonchev–Trinajstić information content (AvgIpc) is 2.54. The maximum atomic E-state index is 4.34. The molecule has 0 aliphatic heterocycles. The number of imidazole rings is 1. The van der Waals surface area contributed by atoms with Gasteiger partial charge in [0, 0.05) is 6.42 Å². The van der Waals surface area contributed by atoms with E-state index in [-0.39, 0.29) is 0 Å². The van der Waals surface area contributed by atoms with Crippen LogP contribution in [0.25, 0.3) is 11.0 Å². The fourth-order valence-electron chi connectivity index (χ4n) is 1.48. The molecule has 0 radical (unpaired) electrons. The molecule has 1 heterocycles. The van der Waals surface area contributed by atoms with Gasteiger partial charge in [0.25, 0.3) is 0 Å². The van der Waals surface area contributed by atoms with E-state index in [9.17, 15) is 0 Å². The Labute approximate surface area is 83.4 Å². The molecule has 2 aromatic rings. The van der Waals surface area contributed by atoms with Gasteiger partial charge in [0.15, 0.2) is 0 Å². The van der Waals surface area contributed by atoms with Gasteiger partial charge in [-0.3, -0.25) is 0 Å². The second kappa shape index (κ2) is 3.55. The van der Waals surface area contributed by atoms with Gasteiger partial charge in [-0.15, -0.1) is 5.92 Å². The molecule has 0 aliphatic rings. The molecular weight excluding hydrogens is 172 g/mol. The number of rotatable bonds is 1. The number of hydrogen-bond donors (Lipinski definition) is 1. The van der Waals surface area contributed by atoms with Crippen LogP contribution in [0.3, 0.4) is 0 Å². The highest BCUT2D eigenvalue weighted by Crippen LogP contribution is 2.13. The van der Waals surface area contributed by atoms with Gasteiger partial charge in [-0.05, 0) is 31.5 Å². The van der Waals surface area contributed by atoms with Crippen LogP contribution in [0.5, 0.6) is 0 Å². The molecule has 0 saturated carbocycles. The van der Waals surface area contributed by atoms with E-state index in [0.29, 0.717) is 0 Å². The lowest BCUT2D eigenvalue weighted by molar-refractivity contribution is 1.17. The number of nitrogens with one attached hydrogen (secondary N) is 1. The highest BCUT2D eigenvalue weighted by molar-refractivity contribution is 5.75. The van der Waals surface area contributed by atoms with Crippen molar-refractivity contribution in [1.29, 1.82) is 0 Å². The second-order valence-electron chi connectivity index (χ2n) is 3.28. The lowest BCUT2D eigenvalue weighted by atomic mass is 10.1. The predicted molar refractivity (Wildman–Crippen MR) is 58.0 cm³/mol. The summed E-state index contributed by atoms with van der Waals surface area (Å²) in [5.41, 5.74) is 3.35. The molecule has 0 unspecified atom stereocenters. The summed E-state index contributed by atoms with van der Waals surface area (Å²) in [4.78, 5) is 7.56. The van der Waals surface area contributed by atoms with Gasteiger partial charge in [-0.2, -0.15) is 0 Å². The largest absolute Gasteiger partial charge is 0.342 e. The SMILES string of the molecule is CC#CCc1ccc2nc(C)[nH]c2c1. The number of H-pyrrole nitrogens is 1. The summed E-state index contributed by atoms with van der Waals surface area (Å²) in [6.45, 7) is 3.82. The first kappa shape index (κ1) is 8.83. The summed E-state index contributed by atoms with van der Waals surface area (Å²) in [6.07, 6.45) is 0.810. The molecule has 2 nitrogen and oxygen atoms in total. The van der Waals surface area contributed by atoms with E-state index in [1.807, 2.05) is 19.9 Å². The number of nitrogens with zero attached hydrogens (tertiary/aromatic N) is 1. The summed E-state index contributed by atoms with van der Waals surface area (Å²) < 4.78 is 0. The van der Waals surface area contributed by atoms with E-state index in [1.54, 1.807) is 0 Å². The minimum absolute atomic E-state index is 0.810. The van der Waals surface area contributed by atoms with Crippen LogP contribution < -0.4 is 0 Å². The molecule has 0 bridgehead atoms. The average molecular weight is 184 g/mol. The Balaban J connectivity index is 2.43. The Hall–Kier alpha value is -1.75. The van der Waals surface area contributed by atoms with Crippen molar-refractivity contribution < 1.29 is 0 Å². The molecule has 1 N–H and O–H groups in total. The van der Waals surface area contributed by atoms with Crippen LogP contribution >= 0.6 is 0 Å². The summed E-state index contributed by atoms with van der Waals surface area (Å²) in [7, 11) is 0. The zero-order valence-electron chi connectivity index (χ0n) is 8.39. The van der Waals surface area contributed by atoms with Gasteiger partial charge in [-0.25, -0.2) is 4.98 Å². The van der Waals surface area contributed by atoms with Crippen molar-refractivity contribution in [3.63, 3.8) is 0 Å². The Morgan fingerprint density at radius 3 is 3.07 bits per heavy atom. The fourth-order valence-corrected chi connectivity index (χ4v) is 1.48. The van der Waals surface area contributed by atoms with Crippen LogP contribution in [0.15, 0.2) is 18.2 Å². The lowest BCUT2D eigenvalue weighted by Gasteiger charge is -1.93. The number of aromatic nitrogens is 2. The molecule has 2 heteroatoms. The second-order valence-corrected chi connectivity index (χ2v) is 3.28. The fraction of sp³-hybridized carbons (Fsp3) is 0.250. The minimum atomic E-state index is 0.810.